The minimum Gasteiger partial charge on any atom is -0.507 e. The van der Waals surface area contributed by atoms with Gasteiger partial charge in [-0.3, -0.25) is 9.35 Å². The quantitative estimate of drug-likeness (QED) is 0.107. The first kappa shape index (κ1) is 29.0. The van der Waals surface area contributed by atoms with Gasteiger partial charge in [0, 0.05) is 56.3 Å². The van der Waals surface area contributed by atoms with E-state index in [4.69, 9.17) is 0 Å². The topological polar surface area (TPSA) is 154 Å². The molecule has 1 amide bonds. The molecule has 11 heteroatoms. The van der Waals surface area contributed by atoms with Crippen molar-refractivity contribution in [3.05, 3.63) is 109 Å². The number of aromatic hydroxyl groups is 2. The molecule has 7 aromatic rings. The van der Waals surface area contributed by atoms with Crippen LogP contribution in [0.25, 0.3) is 43.4 Å². The number of carbonyl (C=O) groups excluding carboxylic acids is 1. The molecule has 0 aliphatic rings. The van der Waals surface area contributed by atoms with Crippen LogP contribution in [0.4, 0.5) is 17.1 Å². The van der Waals surface area contributed by atoms with Crippen LogP contribution in [0.2, 0.25) is 0 Å². The Kier molecular flexibility index (Phi) is 6.92. The second-order valence-corrected chi connectivity index (χ2v) is 12.2. The average molecular weight is 631 g/mol. The number of carbonyl (C=O) groups is 1. The molecule has 4 N–H and O–H groups in total. The van der Waals surface area contributed by atoms with Crippen LogP contribution >= 0.6 is 0 Å². The summed E-state index contributed by atoms with van der Waals surface area (Å²) in [5, 5.41) is 37.0. The third-order valence-corrected chi connectivity index (χ3v) is 8.90. The predicted molar refractivity (Wildman–Crippen MR) is 178 cm³/mol. The number of hydrogen-bond donors (Lipinski definition) is 4. The molecule has 228 valence electrons. The molecule has 0 radical (unpaired) electrons. The first-order valence-corrected chi connectivity index (χ1v) is 15.8. The number of fused-ring (bicyclic) bond motifs is 5. The Hall–Kier alpha value is -5.78. The number of azo groups is 1. The van der Waals surface area contributed by atoms with E-state index in [0.29, 0.717) is 16.5 Å². The van der Waals surface area contributed by atoms with Crippen LogP contribution in [-0.4, -0.2) is 33.7 Å². The summed E-state index contributed by atoms with van der Waals surface area (Å²) in [5.41, 5.74) is 2.86. The number of rotatable bonds is 6. The second-order valence-electron chi connectivity index (χ2n) is 10.8. The average Bonchev–Trinajstić information content (AvgIpc) is 3.36. The van der Waals surface area contributed by atoms with Crippen molar-refractivity contribution in [2.24, 2.45) is 10.2 Å². The second kappa shape index (κ2) is 11.0. The van der Waals surface area contributed by atoms with E-state index in [1.54, 1.807) is 48.5 Å². The molecular formula is C35H26N4O6S. The monoisotopic (exact) mass is 630 g/mol. The Balaban J connectivity index is 1.30. The maximum atomic E-state index is 13.7. The van der Waals surface area contributed by atoms with Gasteiger partial charge in [-0.05, 0) is 54.8 Å². The lowest BCUT2D eigenvalue weighted by atomic mass is 10.0. The van der Waals surface area contributed by atoms with Crippen molar-refractivity contribution < 1.29 is 28.0 Å². The van der Waals surface area contributed by atoms with Gasteiger partial charge in [0.15, 0.2) is 5.75 Å². The molecule has 0 aliphatic carbocycles. The lowest BCUT2D eigenvalue weighted by molar-refractivity contribution is 0.102. The minimum atomic E-state index is -4.62. The maximum Gasteiger partial charge on any atom is 0.294 e. The number of nitrogens with one attached hydrogen (secondary N) is 1. The van der Waals surface area contributed by atoms with Gasteiger partial charge in [0.2, 0.25) is 0 Å². The number of phenolic OH excluding ortho intramolecular Hbond substituents is 2. The van der Waals surface area contributed by atoms with Crippen molar-refractivity contribution in [2.45, 2.75) is 18.4 Å². The normalized spacial score (nSPS) is 12.1. The van der Waals surface area contributed by atoms with Crippen LogP contribution in [-0.2, 0) is 16.7 Å². The number of nitrogens with zero attached hydrogens (tertiary/aromatic N) is 3. The number of benzene rings is 6. The van der Waals surface area contributed by atoms with Gasteiger partial charge in [-0.25, -0.2) is 0 Å². The fourth-order valence-electron chi connectivity index (χ4n) is 5.93. The van der Waals surface area contributed by atoms with E-state index < -0.39 is 26.7 Å². The third kappa shape index (κ3) is 4.87. The molecule has 0 spiro atoms. The molecule has 0 saturated carbocycles. The number of phenols is 2. The molecule has 0 bridgehead atoms. The first-order chi connectivity index (χ1) is 22.1. The predicted octanol–water partition coefficient (Wildman–Crippen LogP) is 8.45. The van der Waals surface area contributed by atoms with Gasteiger partial charge in [0.1, 0.15) is 11.4 Å². The largest absolute Gasteiger partial charge is 0.507 e. The van der Waals surface area contributed by atoms with Gasteiger partial charge in [-0.15, -0.1) is 10.2 Å². The summed E-state index contributed by atoms with van der Waals surface area (Å²) in [6, 6.07) is 29.2. The third-order valence-electron chi connectivity index (χ3n) is 8.07. The summed E-state index contributed by atoms with van der Waals surface area (Å²) in [5.74, 6) is -1.32. The molecule has 0 atom stereocenters. The van der Waals surface area contributed by atoms with E-state index in [9.17, 15) is 28.0 Å². The van der Waals surface area contributed by atoms with Gasteiger partial charge >= 0.3 is 0 Å². The molecule has 1 heterocycles. The smallest absolute Gasteiger partial charge is 0.294 e. The number of anilines is 1. The summed E-state index contributed by atoms with van der Waals surface area (Å²) >= 11 is 0. The minimum absolute atomic E-state index is 0.0204. The Morgan fingerprint density at radius 2 is 1.48 bits per heavy atom. The molecule has 0 fully saturated rings. The summed E-state index contributed by atoms with van der Waals surface area (Å²) in [4.78, 5) is 13.1. The molecule has 46 heavy (non-hydrogen) atoms. The Labute approximate surface area is 262 Å². The zero-order chi connectivity index (χ0) is 32.2. The Morgan fingerprint density at radius 1 is 0.761 bits per heavy atom. The van der Waals surface area contributed by atoms with Crippen LogP contribution in [0.3, 0.4) is 0 Å². The summed E-state index contributed by atoms with van der Waals surface area (Å²) in [6.07, 6.45) is 0. The molecule has 1 aromatic heterocycles. The van der Waals surface area contributed by atoms with Gasteiger partial charge in [-0.2, -0.15) is 8.42 Å². The van der Waals surface area contributed by atoms with Crippen molar-refractivity contribution in [2.75, 3.05) is 5.32 Å². The molecule has 0 aliphatic heterocycles. The van der Waals surface area contributed by atoms with E-state index >= 15 is 0 Å². The highest BCUT2D eigenvalue weighted by molar-refractivity contribution is 7.85. The number of hydrogen-bond acceptors (Lipinski definition) is 7. The molecule has 10 nitrogen and oxygen atoms in total. The zero-order valence-electron chi connectivity index (χ0n) is 24.3. The molecule has 0 unspecified atom stereocenters. The SMILES string of the molecule is CCn1c2ccccc2c2cc(NC(=O)c3cc4ccccc4c(/N=N/c4cccc5c(O)cc(S(=O)(=O)O)cc45)c3O)ccc21. The Bertz CT molecular complexity index is 2520. The van der Waals surface area contributed by atoms with Crippen LogP contribution in [0.1, 0.15) is 17.3 Å². The van der Waals surface area contributed by atoms with Crippen LogP contribution in [0.15, 0.2) is 118 Å². The molecular weight excluding hydrogens is 604 g/mol. The highest BCUT2D eigenvalue weighted by Gasteiger charge is 2.20. The fourth-order valence-corrected chi connectivity index (χ4v) is 6.45. The number of aryl methyl sites for hydroxylation is 1. The lowest BCUT2D eigenvalue weighted by Gasteiger charge is -2.12. The van der Waals surface area contributed by atoms with Crippen molar-refractivity contribution >= 4 is 76.4 Å². The van der Waals surface area contributed by atoms with Crippen molar-refractivity contribution in [3.8, 4) is 11.5 Å². The Morgan fingerprint density at radius 3 is 2.26 bits per heavy atom. The van der Waals surface area contributed by atoms with Crippen LogP contribution < -0.4 is 5.32 Å². The van der Waals surface area contributed by atoms with E-state index in [0.717, 1.165) is 34.4 Å². The lowest BCUT2D eigenvalue weighted by Crippen LogP contribution is -2.12. The number of para-hydroxylation sites is 1. The maximum absolute atomic E-state index is 13.7. The van der Waals surface area contributed by atoms with Gasteiger partial charge in [0.25, 0.3) is 16.0 Å². The van der Waals surface area contributed by atoms with Gasteiger partial charge in [-0.1, -0.05) is 54.6 Å². The van der Waals surface area contributed by atoms with E-state index in [1.165, 1.54) is 6.07 Å². The van der Waals surface area contributed by atoms with Crippen molar-refractivity contribution in [3.63, 3.8) is 0 Å². The van der Waals surface area contributed by atoms with Crippen molar-refractivity contribution in [1.82, 2.24) is 4.57 Å². The van der Waals surface area contributed by atoms with E-state index in [1.807, 2.05) is 36.4 Å². The van der Waals surface area contributed by atoms with Gasteiger partial charge in [0.05, 0.1) is 16.1 Å². The van der Waals surface area contributed by atoms with Crippen LogP contribution in [0, 0.1) is 0 Å². The highest BCUT2D eigenvalue weighted by Crippen LogP contribution is 2.41. The summed E-state index contributed by atoms with van der Waals surface area (Å²) < 4.78 is 35.4. The summed E-state index contributed by atoms with van der Waals surface area (Å²) in [6.45, 7) is 2.87. The number of aromatic nitrogens is 1. The zero-order valence-corrected chi connectivity index (χ0v) is 25.2. The molecule has 0 saturated heterocycles. The van der Waals surface area contributed by atoms with Crippen molar-refractivity contribution in [1.29, 1.82) is 0 Å². The van der Waals surface area contributed by atoms with E-state index in [-0.39, 0.29) is 33.5 Å². The standard InChI is InChI=1S/C35H26N4O6S/c1-2-39-30-13-6-5-10-24(30)27-17-21(14-15-31(27)39)36-35(42)28-16-20-8-3-4-9-23(20)33(34(28)41)38-37-29-12-7-11-25-26(29)18-22(19-32(25)40)46(43,44)45/h3-19,40-41H,2H2,1H3,(H,36,42)(H,43,44,45)/b38-37+. The van der Waals surface area contributed by atoms with E-state index in [2.05, 4.69) is 33.1 Å². The molecule has 6 aromatic carbocycles. The van der Waals surface area contributed by atoms with Crippen LogP contribution in [0.5, 0.6) is 11.5 Å². The highest BCUT2D eigenvalue weighted by atomic mass is 32.2. The van der Waals surface area contributed by atoms with Gasteiger partial charge < -0.3 is 20.1 Å². The number of amides is 1. The molecule has 7 rings (SSSR count). The fraction of sp³-hybridized carbons (Fsp3) is 0.0571. The summed E-state index contributed by atoms with van der Waals surface area (Å²) in [7, 11) is -4.62. The first-order valence-electron chi connectivity index (χ1n) is 14.4.